The number of carbonyl (C=O) groups excluding carboxylic acids is 1. The molecule has 3 aromatic rings. The smallest absolute Gasteiger partial charge is 0.268 e. The van der Waals surface area contributed by atoms with E-state index >= 15 is 0 Å². The largest absolute Gasteiger partial charge is 0.493 e. The maximum atomic E-state index is 12.3. The summed E-state index contributed by atoms with van der Waals surface area (Å²) in [6.45, 7) is 2.56. The lowest BCUT2D eigenvalue weighted by atomic mass is 10.2. The molecule has 6 nitrogen and oxygen atoms in total. The van der Waals surface area contributed by atoms with E-state index in [9.17, 15) is 4.79 Å². The molecule has 2 heterocycles. The Morgan fingerprint density at radius 1 is 1.30 bits per heavy atom. The molecule has 0 aliphatic carbocycles. The molecule has 0 unspecified atom stereocenters. The molecule has 0 saturated heterocycles. The average Bonchev–Trinajstić information content (AvgIpc) is 3.24. The molecule has 0 aliphatic heterocycles. The molecule has 1 aromatic carbocycles. The number of carbonyl (C=O) groups is 1. The molecule has 7 heteroatoms. The first-order chi connectivity index (χ1) is 11.3. The van der Waals surface area contributed by atoms with E-state index in [2.05, 4.69) is 15.5 Å². The van der Waals surface area contributed by atoms with Gasteiger partial charge in [0, 0.05) is 0 Å². The summed E-state index contributed by atoms with van der Waals surface area (Å²) in [5, 5.41) is 8.58. The fourth-order valence-electron chi connectivity index (χ4n) is 2.02. The number of hydrogen-bond acceptors (Lipinski definition) is 6. The van der Waals surface area contributed by atoms with Gasteiger partial charge in [-0.2, -0.15) is 4.98 Å². The van der Waals surface area contributed by atoms with Gasteiger partial charge in [0.25, 0.3) is 11.8 Å². The number of ether oxygens (including phenoxy) is 1. The van der Waals surface area contributed by atoms with Gasteiger partial charge in [-0.1, -0.05) is 23.4 Å². The summed E-state index contributed by atoms with van der Waals surface area (Å²) in [6.07, 6.45) is 0. The monoisotopic (exact) mass is 329 g/mol. The molecular formula is C16H15N3O3S. The van der Waals surface area contributed by atoms with E-state index in [0.29, 0.717) is 29.6 Å². The van der Waals surface area contributed by atoms with E-state index in [1.54, 1.807) is 18.2 Å². The Morgan fingerprint density at radius 2 is 2.17 bits per heavy atom. The molecule has 0 spiro atoms. The summed E-state index contributed by atoms with van der Waals surface area (Å²) in [4.78, 5) is 17.4. The van der Waals surface area contributed by atoms with Gasteiger partial charge in [0.1, 0.15) is 5.75 Å². The van der Waals surface area contributed by atoms with E-state index < -0.39 is 0 Å². The fraction of sp³-hybridized carbons (Fsp3) is 0.188. The van der Waals surface area contributed by atoms with Crippen LogP contribution in [0.1, 0.15) is 23.1 Å². The van der Waals surface area contributed by atoms with Crippen molar-refractivity contribution in [1.29, 1.82) is 0 Å². The third-order valence-electron chi connectivity index (χ3n) is 3.04. The summed E-state index contributed by atoms with van der Waals surface area (Å²) in [6, 6.07) is 10.9. The highest BCUT2D eigenvalue weighted by atomic mass is 32.1. The number of aromatic nitrogens is 2. The second-order valence-corrected chi connectivity index (χ2v) is 5.55. The van der Waals surface area contributed by atoms with E-state index in [-0.39, 0.29) is 12.5 Å². The topological polar surface area (TPSA) is 77.2 Å². The molecule has 0 bridgehead atoms. The second kappa shape index (κ2) is 7.06. The van der Waals surface area contributed by atoms with Crippen LogP contribution in [0.5, 0.6) is 5.75 Å². The average molecular weight is 329 g/mol. The molecule has 0 saturated carbocycles. The number of nitrogens with one attached hydrogen (secondary N) is 1. The Labute approximate surface area is 137 Å². The van der Waals surface area contributed by atoms with Crippen molar-refractivity contribution in [3.8, 4) is 16.5 Å². The standard InChI is InChI=1S/C16H15N3O3S/c1-2-21-12-7-4-3-6-11(12)15(20)17-10-14-18-16(22-19-14)13-8-5-9-23-13/h3-9H,2,10H2,1H3,(H,17,20). The van der Waals surface area contributed by atoms with Gasteiger partial charge in [-0.15, -0.1) is 11.3 Å². The lowest BCUT2D eigenvalue weighted by Crippen LogP contribution is -2.24. The van der Waals surface area contributed by atoms with Crippen LogP contribution in [-0.4, -0.2) is 22.7 Å². The number of para-hydroxylation sites is 1. The molecule has 2 aromatic heterocycles. The highest BCUT2D eigenvalue weighted by Gasteiger charge is 2.14. The number of thiophene rings is 1. The van der Waals surface area contributed by atoms with Crippen molar-refractivity contribution in [2.24, 2.45) is 0 Å². The van der Waals surface area contributed by atoms with Crippen LogP contribution in [0.15, 0.2) is 46.3 Å². The molecule has 0 aliphatic rings. The van der Waals surface area contributed by atoms with Crippen LogP contribution < -0.4 is 10.1 Å². The number of rotatable bonds is 6. The van der Waals surface area contributed by atoms with Crippen LogP contribution in [0.2, 0.25) is 0 Å². The number of hydrogen-bond donors (Lipinski definition) is 1. The van der Waals surface area contributed by atoms with Crippen LogP contribution in [0.25, 0.3) is 10.8 Å². The second-order valence-electron chi connectivity index (χ2n) is 4.60. The predicted octanol–water partition coefficient (Wildman–Crippen LogP) is 3.13. The van der Waals surface area contributed by atoms with Crippen molar-refractivity contribution in [2.75, 3.05) is 6.61 Å². The third kappa shape index (κ3) is 3.57. The fourth-order valence-corrected chi connectivity index (χ4v) is 2.66. The summed E-state index contributed by atoms with van der Waals surface area (Å²) in [7, 11) is 0. The Bertz CT molecular complexity index is 783. The van der Waals surface area contributed by atoms with E-state index in [4.69, 9.17) is 9.26 Å². The molecule has 0 radical (unpaired) electrons. The normalized spacial score (nSPS) is 10.5. The zero-order chi connectivity index (χ0) is 16.1. The molecule has 3 rings (SSSR count). The van der Waals surface area contributed by atoms with Gasteiger partial charge in [0.2, 0.25) is 0 Å². The van der Waals surface area contributed by atoms with Gasteiger partial charge in [0.15, 0.2) is 5.82 Å². The van der Waals surface area contributed by atoms with E-state index in [1.165, 1.54) is 11.3 Å². The van der Waals surface area contributed by atoms with Crippen molar-refractivity contribution >= 4 is 17.2 Å². The van der Waals surface area contributed by atoms with Gasteiger partial charge < -0.3 is 14.6 Å². The van der Waals surface area contributed by atoms with Crippen LogP contribution in [-0.2, 0) is 6.54 Å². The van der Waals surface area contributed by atoms with E-state index in [1.807, 2.05) is 30.5 Å². The van der Waals surface area contributed by atoms with Gasteiger partial charge in [0.05, 0.1) is 23.6 Å². The summed E-state index contributed by atoms with van der Waals surface area (Å²) in [5.74, 6) is 1.20. The first kappa shape index (κ1) is 15.2. The van der Waals surface area contributed by atoms with Crippen molar-refractivity contribution in [2.45, 2.75) is 13.5 Å². The highest BCUT2D eigenvalue weighted by Crippen LogP contribution is 2.22. The Morgan fingerprint density at radius 3 is 2.96 bits per heavy atom. The van der Waals surface area contributed by atoms with Crippen molar-refractivity contribution < 1.29 is 14.1 Å². The summed E-state index contributed by atoms with van der Waals surface area (Å²) < 4.78 is 10.6. The maximum absolute atomic E-state index is 12.3. The molecule has 0 atom stereocenters. The van der Waals surface area contributed by atoms with Gasteiger partial charge in [-0.25, -0.2) is 0 Å². The zero-order valence-electron chi connectivity index (χ0n) is 12.5. The predicted molar refractivity (Wildman–Crippen MR) is 86.4 cm³/mol. The molecule has 0 fully saturated rings. The zero-order valence-corrected chi connectivity index (χ0v) is 13.3. The van der Waals surface area contributed by atoms with E-state index in [0.717, 1.165) is 4.88 Å². The number of nitrogens with zero attached hydrogens (tertiary/aromatic N) is 2. The summed E-state index contributed by atoms with van der Waals surface area (Å²) in [5.41, 5.74) is 0.483. The number of benzene rings is 1. The molecule has 23 heavy (non-hydrogen) atoms. The van der Waals surface area contributed by atoms with Crippen LogP contribution in [0, 0.1) is 0 Å². The van der Waals surface area contributed by atoms with Crippen molar-refractivity contribution in [3.63, 3.8) is 0 Å². The van der Waals surface area contributed by atoms with Crippen LogP contribution >= 0.6 is 11.3 Å². The first-order valence-corrected chi connectivity index (χ1v) is 8.02. The van der Waals surface area contributed by atoms with Crippen molar-refractivity contribution in [3.05, 3.63) is 53.2 Å². The highest BCUT2D eigenvalue weighted by molar-refractivity contribution is 7.13. The lowest BCUT2D eigenvalue weighted by Gasteiger charge is -2.09. The minimum atomic E-state index is -0.239. The SMILES string of the molecule is CCOc1ccccc1C(=O)NCc1noc(-c2cccs2)n1. The Hall–Kier alpha value is -2.67. The third-order valence-corrected chi connectivity index (χ3v) is 3.90. The molecule has 118 valence electrons. The lowest BCUT2D eigenvalue weighted by molar-refractivity contribution is 0.0946. The van der Waals surface area contributed by atoms with Gasteiger partial charge >= 0.3 is 0 Å². The molecular weight excluding hydrogens is 314 g/mol. The quantitative estimate of drug-likeness (QED) is 0.752. The van der Waals surface area contributed by atoms with Gasteiger partial charge in [-0.05, 0) is 30.5 Å². The minimum absolute atomic E-state index is 0.189. The maximum Gasteiger partial charge on any atom is 0.268 e. The Balaban J connectivity index is 1.65. The molecule has 1 amide bonds. The van der Waals surface area contributed by atoms with Crippen LogP contribution in [0.4, 0.5) is 0 Å². The van der Waals surface area contributed by atoms with Crippen molar-refractivity contribution in [1.82, 2.24) is 15.5 Å². The summed E-state index contributed by atoms with van der Waals surface area (Å²) >= 11 is 1.52. The number of amides is 1. The van der Waals surface area contributed by atoms with Gasteiger partial charge in [-0.3, -0.25) is 4.79 Å². The molecule has 1 N–H and O–H groups in total. The first-order valence-electron chi connectivity index (χ1n) is 7.14. The van der Waals surface area contributed by atoms with Crippen LogP contribution in [0.3, 0.4) is 0 Å². The minimum Gasteiger partial charge on any atom is -0.493 e. The Kier molecular flexibility index (Phi) is 4.68.